The number of rotatable bonds is 9. The number of nitrogens with zero attached hydrogens (tertiary/aromatic N) is 3. The van der Waals surface area contributed by atoms with Crippen LogP contribution in [0.25, 0.3) is 22.5 Å². The molecule has 1 heterocycles. The van der Waals surface area contributed by atoms with Crippen molar-refractivity contribution in [3.05, 3.63) is 86.3 Å². The van der Waals surface area contributed by atoms with Crippen molar-refractivity contribution in [3.8, 4) is 22.5 Å². The van der Waals surface area contributed by atoms with E-state index in [1.54, 1.807) is 60.3 Å². The minimum Gasteiger partial charge on any atom is -0.394 e. The van der Waals surface area contributed by atoms with E-state index in [9.17, 15) is 15.0 Å². The van der Waals surface area contributed by atoms with Gasteiger partial charge in [0.15, 0.2) is 0 Å². The molecule has 0 aliphatic heterocycles. The van der Waals surface area contributed by atoms with Gasteiger partial charge in [0.2, 0.25) is 5.91 Å². The van der Waals surface area contributed by atoms with Gasteiger partial charge in [-0.3, -0.25) is 4.79 Å². The summed E-state index contributed by atoms with van der Waals surface area (Å²) in [6.45, 7) is -0.765. The summed E-state index contributed by atoms with van der Waals surface area (Å²) in [5, 5.41) is 33.9. The van der Waals surface area contributed by atoms with Gasteiger partial charge in [-0.05, 0) is 60.4 Å². The first-order valence-electron chi connectivity index (χ1n) is 11.3. The first-order chi connectivity index (χ1) is 18.2. The van der Waals surface area contributed by atoms with Gasteiger partial charge >= 0.3 is 0 Å². The monoisotopic (exact) mass is 610 g/mol. The molecule has 2 atom stereocenters. The molecule has 12 heteroatoms. The fraction of sp³-hybridized carbons (Fsp3) is 0.192. The molecule has 0 aliphatic rings. The molecule has 3 N–H and O–H groups in total. The molecule has 0 unspecified atom stereocenters. The first-order valence-corrected chi connectivity index (χ1v) is 14.0. The fourth-order valence-corrected chi connectivity index (χ4v) is 5.19. The number of nitrogens with one attached hydrogen (secondary N) is 1. The standard InChI is InChI=1S/C26H22Cl4N4O3S/c1-38-17-6-2-14(3-7-17)26(37)22(13-35)31-23(36)12-34-32-24(18-8-4-15(27)10-20(18)29)25(33-34)19-9-5-16(28)11-21(19)30/h2-11,22,26,35,37H,12-13H2,1H3,(H,31,36)/t22-,26-/m1/s1. The van der Waals surface area contributed by atoms with E-state index < -0.39 is 24.7 Å². The van der Waals surface area contributed by atoms with Gasteiger partial charge in [0.1, 0.15) is 24.0 Å². The van der Waals surface area contributed by atoms with Crippen LogP contribution in [0.15, 0.2) is 65.6 Å². The average Bonchev–Trinajstić information content (AvgIpc) is 3.29. The third kappa shape index (κ3) is 6.63. The van der Waals surface area contributed by atoms with Crippen LogP contribution in [0.4, 0.5) is 0 Å². The summed E-state index contributed by atoms with van der Waals surface area (Å²) in [6, 6.07) is 16.2. The molecule has 38 heavy (non-hydrogen) atoms. The topological polar surface area (TPSA) is 100 Å². The number of hydrogen-bond donors (Lipinski definition) is 3. The number of carbonyl (C=O) groups is 1. The van der Waals surface area contributed by atoms with Crippen LogP contribution in [-0.4, -0.2) is 50.0 Å². The summed E-state index contributed by atoms with van der Waals surface area (Å²) in [7, 11) is 0. The lowest BCUT2D eigenvalue weighted by Crippen LogP contribution is -2.43. The van der Waals surface area contributed by atoms with Gasteiger partial charge in [-0.15, -0.1) is 11.8 Å². The molecule has 4 aromatic rings. The second kappa shape index (κ2) is 12.7. The number of amides is 1. The van der Waals surface area contributed by atoms with Crippen molar-refractivity contribution < 1.29 is 15.0 Å². The summed E-state index contributed by atoms with van der Waals surface area (Å²) in [6.07, 6.45) is 0.835. The Bertz CT molecular complexity index is 1380. The van der Waals surface area contributed by atoms with E-state index in [4.69, 9.17) is 46.4 Å². The van der Waals surface area contributed by atoms with Crippen LogP contribution in [0, 0.1) is 0 Å². The minimum atomic E-state index is -1.11. The number of aliphatic hydroxyl groups excluding tert-OH is 2. The second-order valence-electron chi connectivity index (χ2n) is 8.25. The molecule has 1 amide bonds. The molecule has 7 nitrogen and oxygen atoms in total. The Morgan fingerprint density at radius 2 is 1.45 bits per heavy atom. The number of hydrogen-bond acceptors (Lipinski definition) is 6. The van der Waals surface area contributed by atoms with Crippen molar-refractivity contribution in [1.82, 2.24) is 20.3 Å². The molecule has 1 aromatic heterocycles. The molecule has 0 bridgehead atoms. The van der Waals surface area contributed by atoms with Gasteiger partial charge in [0, 0.05) is 26.1 Å². The largest absolute Gasteiger partial charge is 0.394 e. The van der Waals surface area contributed by atoms with Crippen molar-refractivity contribution in [2.45, 2.75) is 23.6 Å². The van der Waals surface area contributed by atoms with E-state index in [1.807, 2.05) is 18.4 Å². The Morgan fingerprint density at radius 1 is 0.921 bits per heavy atom. The smallest absolute Gasteiger partial charge is 0.244 e. The number of aromatic nitrogens is 3. The highest BCUT2D eigenvalue weighted by molar-refractivity contribution is 7.98. The first kappa shape index (κ1) is 28.7. The Morgan fingerprint density at radius 3 is 1.89 bits per heavy atom. The molecule has 0 saturated heterocycles. The SMILES string of the molecule is CSc1ccc([C@@H](O)[C@@H](CO)NC(=O)Cn2nc(-c3ccc(Cl)cc3Cl)c(-c3ccc(Cl)cc3Cl)n2)cc1. The van der Waals surface area contributed by atoms with Gasteiger partial charge < -0.3 is 15.5 Å². The zero-order valence-corrected chi connectivity index (χ0v) is 23.7. The summed E-state index contributed by atoms with van der Waals surface area (Å²) in [5.41, 5.74) is 2.42. The predicted octanol–water partition coefficient (Wildman–Crippen LogP) is 6.16. The molecule has 198 valence electrons. The lowest BCUT2D eigenvalue weighted by atomic mass is 10.0. The highest BCUT2D eigenvalue weighted by atomic mass is 35.5. The normalized spacial score (nSPS) is 12.8. The fourth-order valence-electron chi connectivity index (χ4n) is 3.78. The van der Waals surface area contributed by atoms with Crippen LogP contribution >= 0.6 is 58.2 Å². The van der Waals surface area contributed by atoms with Crippen LogP contribution in [-0.2, 0) is 11.3 Å². The summed E-state index contributed by atoms with van der Waals surface area (Å²) in [5.74, 6) is -0.513. The quantitative estimate of drug-likeness (QED) is 0.196. The molecular formula is C26H22Cl4N4O3S. The second-order valence-corrected chi connectivity index (χ2v) is 10.8. The van der Waals surface area contributed by atoms with Crippen molar-refractivity contribution >= 4 is 64.1 Å². The number of carbonyl (C=O) groups excluding carboxylic acids is 1. The maximum absolute atomic E-state index is 12.9. The van der Waals surface area contributed by atoms with E-state index in [-0.39, 0.29) is 6.54 Å². The number of aliphatic hydroxyl groups is 2. The molecule has 0 radical (unpaired) electrons. The summed E-state index contributed by atoms with van der Waals surface area (Å²) >= 11 is 26.6. The Labute approximate surface area is 243 Å². The van der Waals surface area contributed by atoms with Crippen molar-refractivity contribution in [1.29, 1.82) is 0 Å². The average molecular weight is 612 g/mol. The zero-order valence-electron chi connectivity index (χ0n) is 19.9. The molecule has 0 spiro atoms. The predicted molar refractivity (Wildman–Crippen MR) is 153 cm³/mol. The maximum Gasteiger partial charge on any atom is 0.244 e. The minimum absolute atomic E-state index is 0.294. The van der Waals surface area contributed by atoms with Crippen molar-refractivity contribution in [3.63, 3.8) is 0 Å². The zero-order chi connectivity index (χ0) is 27.4. The van der Waals surface area contributed by atoms with Crippen molar-refractivity contribution in [2.75, 3.05) is 12.9 Å². The van der Waals surface area contributed by atoms with Crippen molar-refractivity contribution in [2.24, 2.45) is 0 Å². The summed E-state index contributed by atoms with van der Waals surface area (Å²) < 4.78 is 0. The van der Waals surface area contributed by atoms with Crippen LogP contribution in [0.2, 0.25) is 20.1 Å². The van der Waals surface area contributed by atoms with Gasteiger partial charge in [-0.2, -0.15) is 15.0 Å². The third-order valence-electron chi connectivity index (χ3n) is 5.69. The van der Waals surface area contributed by atoms with E-state index in [1.165, 1.54) is 4.80 Å². The lowest BCUT2D eigenvalue weighted by Gasteiger charge is -2.22. The van der Waals surface area contributed by atoms with E-state index >= 15 is 0 Å². The molecule has 0 saturated carbocycles. The van der Waals surface area contributed by atoms with Crippen LogP contribution in [0.1, 0.15) is 11.7 Å². The van der Waals surface area contributed by atoms with E-state index in [2.05, 4.69) is 15.5 Å². The van der Waals surface area contributed by atoms with Crippen LogP contribution in [0.3, 0.4) is 0 Å². The van der Waals surface area contributed by atoms with E-state index in [0.717, 1.165) is 4.90 Å². The van der Waals surface area contributed by atoms with E-state index in [0.29, 0.717) is 48.2 Å². The van der Waals surface area contributed by atoms with Gasteiger partial charge in [-0.1, -0.05) is 58.5 Å². The Balaban J connectivity index is 1.61. The Kier molecular flexibility index (Phi) is 9.59. The van der Waals surface area contributed by atoms with Gasteiger partial charge in [-0.25, -0.2) is 0 Å². The summed E-state index contributed by atoms with van der Waals surface area (Å²) in [4.78, 5) is 15.1. The highest BCUT2D eigenvalue weighted by Crippen LogP contribution is 2.38. The molecule has 0 fully saturated rings. The number of benzene rings is 3. The number of halogens is 4. The maximum atomic E-state index is 12.9. The Hall–Kier alpha value is -2.30. The molecular weight excluding hydrogens is 590 g/mol. The molecule has 4 rings (SSSR count). The van der Waals surface area contributed by atoms with Crippen LogP contribution in [0.5, 0.6) is 0 Å². The highest BCUT2D eigenvalue weighted by Gasteiger charge is 2.24. The lowest BCUT2D eigenvalue weighted by molar-refractivity contribution is -0.124. The van der Waals surface area contributed by atoms with Gasteiger partial charge in [0.25, 0.3) is 0 Å². The van der Waals surface area contributed by atoms with Crippen LogP contribution < -0.4 is 5.32 Å². The molecule has 3 aromatic carbocycles. The third-order valence-corrected chi connectivity index (χ3v) is 7.53. The number of thioether (sulfide) groups is 1. The van der Waals surface area contributed by atoms with Gasteiger partial charge in [0.05, 0.1) is 22.7 Å². The molecule has 0 aliphatic carbocycles.